The summed E-state index contributed by atoms with van der Waals surface area (Å²) in [5.74, 6) is -0.693. The van der Waals surface area contributed by atoms with Crippen LogP contribution in [0.2, 0.25) is 0 Å². The van der Waals surface area contributed by atoms with Crippen molar-refractivity contribution in [3.63, 3.8) is 0 Å². The predicted molar refractivity (Wildman–Crippen MR) is 96.9 cm³/mol. The molecule has 0 atom stereocenters. The second-order valence-electron chi connectivity index (χ2n) is 5.54. The van der Waals surface area contributed by atoms with Gasteiger partial charge in [0.15, 0.2) is 0 Å². The van der Waals surface area contributed by atoms with Crippen molar-refractivity contribution in [3.05, 3.63) is 83.9 Å². The number of hydrazone groups is 1. The molecule has 2 aromatic carbocycles. The number of hydrogen-bond acceptors (Lipinski definition) is 8. The van der Waals surface area contributed by atoms with Gasteiger partial charge in [0.1, 0.15) is 0 Å². The molecule has 0 spiro atoms. The zero-order valence-corrected chi connectivity index (χ0v) is 14.4. The minimum atomic E-state index is -0.812. The maximum absolute atomic E-state index is 12.0. The molecule has 144 valence electrons. The van der Waals surface area contributed by atoms with E-state index in [9.17, 15) is 35.1 Å². The molecule has 12 heteroatoms. The Morgan fingerprint density at radius 1 is 0.964 bits per heavy atom. The second kappa shape index (κ2) is 8.44. The summed E-state index contributed by atoms with van der Waals surface area (Å²) in [7, 11) is 0. The summed E-state index contributed by atoms with van der Waals surface area (Å²) in [6.45, 7) is 1.52. The van der Waals surface area contributed by atoms with Gasteiger partial charge in [-0.25, -0.2) is 5.43 Å². The molecule has 1 amide bonds. The summed E-state index contributed by atoms with van der Waals surface area (Å²) in [5.41, 5.74) is 1.73. The molecule has 28 heavy (non-hydrogen) atoms. The number of amides is 1. The van der Waals surface area contributed by atoms with Gasteiger partial charge < -0.3 is 0 Å². The van der Waals surface area contributed by atoms with E-state index in [4.69, 9.17) is 0 Å². The molecule has 0 aliphatic heterocycles. The average molecular weight is 387 g/mol. The number of nitro benzene ring substituents is 3. The van der Waals surface area contributed by atoms with E-state index in [-0.39, 0.29) is 17.0 Å². The number of hydrogen-bond donors (Lipinski definition) is 1. The van der Waals surface area contributed by atoms with Crippen LogP contribution in [0.15, 0.2) is 47.6 Å². The summed E-state index contributed by atoms with van der Waals surface area (Å²) >= 11 is 0. The fraction of sp³-hybridized carbons (Fsp3) is 0.125. The Balaban J connectivity index is 2.15. The highest BCUT2D eigenvalue weighted by Crippen LogP contribution is 2.25. The molecule has 0 aromatic heterocycles. The van der Waals surface area contributed by atoms with E-state index in [0.29, 0.717) is 5.56 Å². The topological polar surface area (TPSA) is 171 Å². The zero-order chi connectivity index (χ0) is 20.8. The van der Waals surface area contributed by atoms with Gasteiger partial charge in [0.2, 0.25) is 5.91 Å². The van der Waals surface area contributed by atoms with Crippen LogP contribution in [-0.2, 0) is 11.2 Å². The summed E-state index contributed by atoms with van der Waals surface area (Å²) in [5, 5.41) is 36.4. The number of carbonyl (C=O) groups excluding carboxylic acids is 1. The lowest BCUT2D eigenvalue weighted by Crippen LogP contribution is -2.21. The summed E-state index contributed by atoms with van der Waals surface area (Å²) < 4.78 is 0. The average Bonchev–Trinajstić information content (AvgIpc) is 2.66. The van der Waals surface area contributed by atoms with Crippen molar-refractivity contribution >= 4 is 28.7 Å². The minimum absolute atomic E-state index is 0.0173. The highest BCUT2D eigenvalue weighted by molar-refractivity contribution is 5.99. The van der Waals surface area contributed by atoms with Crippen LogP contribution in [0.5, 0.6) is 0 Å². The highest BCUT2D eigenvalue weighted by atomic mass is 16.6. The van der Waals surface area contributed by atoms with Gasteiger partial charge in [0.05, 0.1) is 33.0 Å². The molecule has 0 saturated carbocycles. The largest absolute Gasteiger partial charge is 0.279 e. The molecule has 0 fully saturated rings. The first kappa shape index (κ1) is 20.1. The van der Waals surface area contributed by atoms with Crippen molar-refractivity contribution < 1.29 is 19.6 Å². The molecule has 12 nitrogen and oxygen atoms in total. The van der Waals surface area contributed by atoms with Gasteiger partial charge >= 0.3 is 0 Å². The zero-order valence-electron chi connectivity index (χ0n) is 14.4. The van der Waals surface area contributed by atoms with Crippen molar-refractivity contribution in [2.24, 2.45) is 5.10 Å². The first-order valence-corrected chi connectivity index (χ1v) is 7.68. The lowest BCUT2D eigenvalue weighted by atomic mass is 10.1. The Morgan fingerprint density at radius 3 is 2.21 bits per heavy atom. The van der Waals surface area contributed by atoms with Gasteiger partial charge in [0, 0.05) is 29.3 Å². The quantitative estimate of drug-likeness (QED) is 0.432. The van der Waals surface area contributed by atoms with Gasteiger partial charge in [-0.2, -0.15) is 5.10 Å². The minimum Gasteiger partial charge on any atom is -0.273 e. The molecule has 1 N–H and O–H groups in total. The number of non-ortho nitro benzene ring substituents is 2. The highest BCUT2D eigenvalue weighted by Gasteiger charge is 2.21. The smallest absolute Gasteiger partial charge is 0.273 e. The van der Waals surface area contributed by atoms with Gasteiger partial charge in [-0.1, -0.05) is 12.1 Å². The maximum atomic E-state index is 12.0. The van der Waals surface area contributed by atoms with E-state index >= 15 is 0 Å². The van der Waals surface area contributed by atoms with E-state index in [1.165, 1.54) is 25.1 Å². The van der Waals surface area contributed by atoms with Crippen LogP contribution in [0.3, 0.4) is 0 Å². The Hall–Kier alpha value is -4.22. The van der Waals surface area contributed by atoms with E-state index in [1.807, 2.05) is 0 Å². The SMILES string of the molecule is C/C(=N/NC(=O)Cc1ccc([N+](=O)[O-])cc1[N+](=O)[O-])c1cccc([N+](=O)[O-])c1. The van der Waals surface area contributed by atoms with Crippen LogP contribution in [0.4, 0.5) is 17.1 Å². The molecule has 0 heterocycles. The van der Waals surface area contributed by atoms with Crippen LogP contribution >= 0.6 is 0 Å². The Bertz CT molecular complexity index is 1000. The molecule has 0 aliphatic rings. The van der Waals surface area contributed by atoms with Crippen molar-refractivity contribution in [2.45, 2.75) is 13.3 Å². The number of rotatable bonds is 7. The number of benzene rings is 2. The van der Waals surface area contributed by atoms with Gasteiger partial charge in [-0.05, 0) is 13.0 Å². The Morgan fingerprint density at radius 2 is 1.61 bits per heavy atom. The summed E-state index contributed by atoms with van der Waals surface area (Å²) in [6, 6.07) is 8.60. The monoisotopic (exact) mass is 387 g/mol. The maximum Gasteiger partial charge on any atom is 0.279 e. The third kappa shape index (κ3) is 4.91. The first-order valence-electron chi connectivity index (χ1n) is 7.68. The van der Waals surface area contributed by atoms with Crippen LogP contribution in [0, 0.1) is 30.3 Å². The van der Waals surface area contributed by atoms with E-state index in [0.717, 1.165) is 18.2 Å². The van der Waals surface area contributed by atoms with E-state index < -0.39 is 38.5 Å². The third-order valence-electron chi connectivity index (χ3n) is 3.65. The summed E-state index contributed by atoms with van der Waals surface area (Å²) in [6.07, 6.45) is -0.431. The lowest BCUT2D eigenvalue weighted by Gasteiger charge is -2.04. The molecule has 0 saturated heterocycles. The fourth-order valence-corrected chi connectivity index (χ4v) is 2.25. The normalized spacial score (nSPS) is 11.0. The van der Waals surface area contributed by atoms with Crippen molar-refractivity contribution in [3.8, 4) is 0 Å². The van der Waals surface area contributed by atoms with Crippen LogP contribution in [0.1, 0.15) is 18.1 Å². The molecular weight excluding hydrogens is 374 g/mol. The molecule has 0 radical (unpaired) electrons. The van der Waals surface area contributed by atoms with Crippen LogP contribution in [0.25, 0.3) is 0 Å². The Labute approximate surface area is 156 Å². The number of nitrogens with one attached hydrogen (secondary N) is 1. The molecule has 2 rings (SSSR count). The second-order valence-corrected chi connectivity index (χ2v) is 5.54. The predicted octanol–water partition coefficient (Wildman–Crippen LogP) is 2.49. The van der Waals surface area contributed by atoms with Gasteiger partial charge in [-0.3, -0.25) is 35.1 Å². The van der Waals surface area contributed by atoms with Gasteiger partial charge in [0.25, 0.3) is 17.1 Å². The van der Waals surface area contributed by atoms with E-state index in [1.54, 1.807) is 6.07 Å². The lowest BCUT2D eigenvalue weighted by molar-refractivity contribution is -0.394. The fourth-order valence-electron chi connectivity index (χ4n) is 2.25. The number of carbonyl (C=O) groups is 1. The van der Waals surface area contributed by atoms with Crippen LogP contribution < -0.4 is 5.43 Å². The first-order chi connectivity index (χ1) is 13.2. The number of nitrogens with zero attached hydrogens (tertiary/aromatic N) is 4. The molecular formula is C16H13N5O7. The molecule has 0 unspecified atom stereocenters. The molecule has 0 bridgehead atoms. The van der Waals surface area contributed by atoms with Crippen molar-refractivity contribution in [1.82, 2.24) is 5.43 Å². The summed E-state index contributed by atoms with van der Waals surface area (Å²) in [4.78, 5) is 42.5. The van der Waals surface area contributed by atoms with Gasteiger partial charge in [-0.15, -0.1) is 0 Å². The molecule has 0 aliphatic carbocycles. The standard InChI is InChI=1S/C16H13N5O7/c1-10(11-3-2-4-13(7-11)19(23)24)17-18-16(22)8-12-5-6-14(20(25)26)9-15(12)21(27)28/h2-7,9H,8H2,1H3,(H,18,22)/b17-10-. The van der Waals surface area contributed by atoms with E-state index in [2.05, 4.69) is 10.5 Å². The number of nitro groups is 3. The third-order valence-corrected chi connectivity index (χ3v) is 3.65. The van der Waals surface area contributed by atoms with Crippen molar-refractivity contribution in [1.29, 1.82) is 0 Å². The Kier molecular flexibility index (Phi) is 6.06. The molecule has 2 aromatic rings. The van der Waals surface area contributed by atoms with Crippen LogP contribution in [-0.4, -0.2) is 26.4 Å². The van der Waals surface area contributed by atoms with Crippen molar-refractivity contribution in [2.75, 3.05) is 0 Å².